The monoisotopic (exact) mass is 514 g/mol. The number of amides is 1. The number of piperazine rings is 1. The van der Waals surface area contributed by atoms with Crippen molar-refractivity contribution in [2.75, 3.05) is 36.4 Å². The van der Waals surface area contributed by atoms with Crippen molar-refractivity contribution in [3.63, 3.8) is 0 Å². The molecular weight excluding hydrogens is 491 g/mol. The zero-order valence-electron chi connectivity index (χ0n) is 15.6. The number of aromatic nitrogens is 1. The maximum atomic E-state index is 11.0. The third kappa shape index (κ3) is 6.23. The van der Waals surface area contributed by atoms with Crippen LogP contribution in [-0.2, 0) is 11.3 Å². The summed E-state index contributed by atoms with van der Waals surface area (Å²) in [5.41, 5.74) is 8.26. The van der Waals surface area contributed by atoms with Crippen molar-refractivity contribution >= 4 is 58.9 Å². The van der Waals surface area contributed by atoms with E-state index < -0.39 is 0 Å². The molecule has 3 rings (SSSR count). The van der Waals surface area contributed by atoms with E-state index >= 15 is 0 Å². The van der Waals surface area contributed by atoms with Crippen molar-refractivity contribution in [3.05, 3.63) is 53.2 Å². The van der Waals surface area contributed by atoms with E-state index in [1.165, 1.54) is 12.6 Å². The van der Waals surface area contributed by atoms with Gasteiger partial charge in [0.15, 0.2) is 5.96 Å². The van der Waals surface area contributed by atoms with Crippen molar-refractivity contribution < 1.29 is 4.79 Å². The molecule has 7 nitrogen and oxygen atoms in total. The van der Waals surface area contributed by atoms with E-state index in [4.69, 9.17) is 17.3 Å². The second-order valence-corrected chi connectivity index (χ2v) is 6.79. The molecule has 2 heterocycles. The number of halogens is 2. The van der Waals surface area contributed by atoms with Crippen molar-refractivity contribution in [1.29, 1.82) is 0 Å². The average Bonchev–Trinajstić information content (AvgIpc) is 2.67. The quantitative estimate of drug-likeness (QED) is 0.372. The fourth-order valence-corrected chi connectivity index (χ4v) is 3.02. The zero-order chi connectivity index (χ0) is 19.2. The number of nitrogens with zero attached hydrogens (tertiary/aromatic N) is 4. The van der Waals surface area contributed by atoms with Gasteiger partial charge in [-0.15, -0.1) is 24.0 Å². The number of aliphatic imine (C=N–C) groups is 1. The molecule has 1 aliphatic rings. The Morgan fingerprint density at radius 1 is 1.18 bits per heavy atom. The fraction of sp³-hybridized carbons (Fsp3) is 0.316. The molecule has 1 aliphatic heterocycles. The number of carbonyl (C=O) groups excluding carboxylic acids is 1. The summed E-state index contributed by atoms with van der Waals surface area (Å²) in [4.78, 5) is 24.1. The van der Waals surface area contributed by atoms with Gasteiger partial charge in [0.2, 0.25) is 5.91 Å². The van der Waals surface area contributed by atoms with Gasteiger partial charge in [-0.05, 0) is 35.9 Å². The largest absolute Gasteiger partial charge is 0.370 e. The summed E-state index contributed by atoms with van der Waals surface area (Å²) in [6.07, 6.45) is 1.69. The molecule has 0 atom stereocenters. The molecule has 0 radical (unpaired) electrons. The van der Waals surface area contributed by atoms with Gasteiger partial charge in [-0.3, -0.25) is 4.79 Å². The number of anilines is 2. The van der Waals surface area contributed by atoms with Crippen LogP contribution in [0.3, 0.4) is 0 Å². The third-order valence-electron chi connectivity index (χ3n) is 4.35. The predicted octanol–water partition coefficient (Wildman–Crippen LogP) is 2.95. The minimum Gasteiger partial charge on any atom is -0.370 e. The molecule has 1 aromatic carbocycles. The molecule has 0 unspecified atom stereocenters. The SMILES string of the molecule is CC(=O)Nc1ccc(CN=C(N)N2CCN(c3ccc(Cl)cc3)CC2)cn1.I. The molecule has 2 aromatic rings. The van der Waals surface area contributed by atoms with E-state index in [1.807, 2.05) is 30.3 Å². The Kier molecular flexibility index (Phi) is 8.31. The lowest BCUT2D eigenvalue weighted by atomic mass is 10.2. The van der Waals surface area contributed by atoms with Crippen LogP contribution in [0.1, 0.15) is 12.5 Å². The van der Waals surface area contributed by atoms with E-state index in [1.54, 1.807) is 12.3 Å². The lowest BCUT2D eigenvalue weighted by Crippen LogP contribution is -2.51. The highest BCUT2D eigenvalue weighted by molar-refractivity contribution is 14.0. The number of carbonyl (C=O) groups is 1. The number of hydrogen-bond acceptors (Lipinski definition) is 4. The van der Waals surface area contributed by atoms with Crippen LogP contribution < -0.4 is 16.0 Å². The van der Waals surface area contributed by atoms with Gasteiger partial charge in [-0.1, -0.05) is 17.7 Å². The topological polar surface area (TPSA) is 86.8 Å². The number of guanidine groups is 1. The summed E-state index contributed by atoms with van der Waals surface area (Å²) in [7, 11) is 0. The van der Waals surface area contributed by atoms with Crippen LogP contribution in [-0.4, -0.2) is 47.9 Å². The molecular formula is C19H24ClIN6O. The first-order valence-corrected chi connectivity index (χ1v) is 9.17. The Bertz CT molecular complexity index is 804. The minimum atomic E-state index is -0.143. The van der Waals surface area contributed by atoms with E-state index in [0.29, 0.717) is 18.3 Å². The Morgan fingerprint density at radius 2 is 1.86 bits per heavy atom. The minimum absolute atomic E-state index is 0. The number of rotatable bonds is 4. The summed E-state index contributed by atoms with van der Waals surface area (Å²) >= 11 is 5.95. The van der Waals surface area contributed by atoms with Gasteiger partial charge in [-0.2, -0.15) is 0 Å². The van der Waals surface area contributed by atoms with Gasteiger partial charge in [0.25, 0.3) is 0 Å². The first-order valence-electron chi connectivity index (χ1n) is 8.79. The summed E-state index contributed by atoms with van der Waals surface area (Å²) in [5, 5.41) is 3.38. The second-order valence-electron chi connectivity index (χ2n) is 6.36. The van der Waals surface area contributed by atoms with Gasteiger partial charge < -0.3 is 20.9 Å². The van der Waals surface area contributed by atoms with Gasteiger partial charge in [0, 0.05) is 50.0 Å². The summed E-state index contributed by atoms with van der Waals surface area (Å²) in [6.45, 7) is 5.30. The van der Waals surface area contributed by atoms with Gasteiger partial charge >= 0.3 is 0 Å². The number of nitrogens with two attached hydrogens (primary N) is 1. The molecule has 1 aromatic heterocycles. The molecule has 28 heavy (non-hydrogen) atoms. The molecule has 0 bridgehead atoms. The van der Waals surface area contributed by atoms with Crippen LogP contribution in [0.5, 0.6) is 0 Å². The molecule has 0 aliphatic carbocycles. The molecule has 9 heteroatoms. The van der Waals surface area contributed by atoms with Crippen LogP contribution >= 0.6 is 35.6 Å². The second kappa shape index (κ2) is 10.5. The Morgan fingerprint density at radius 3 is 2.43 bits per heavy atom. The predicted molar refractivity (Wildman–Crippen MR) is 125 cm³/mol. The fourth-order valence-electron chi connectivity index (χ4n) is 2.89. The number of hydrogen-bond donors (Lipinski definition) is 2. The maximum Gasteiger partial charge on any atom is 0.222 e. The van der Waals surface area contributed by atoms with Crippen LogP contribution in [0, 0.1) is 0 Å². The summed E-state index contributed by atoms with van der Waals surface area (Å²) in [6, 6.07) is 11.5. The lowest BCUT2D eigenvalue weighted by Gasteiger charge is -2.36. The van der Waals surface area contributed by atoms with Gasteiger partial charge in [0.05, 0.1) is 6.54 Å². The molecule has 150 valence electrons. The normalized spacial score (nSPS) is 14.4. The summed E-state index contributed by atoms with van der Waals surface area (Å²) < 4.78 is 0. The zero-order valence-corrected chi connectivity index (χ0v) is 18.7. The van der Waals surface area contributed by atoms with Gasteiger partial charge in [-0.25, -0.2) is 9.98 Å². The number of pyridine rings is 1. The molecule has 0 saturated carbocycles. The van der Waals surface area contributed by atoms with Crippen LogP contribution in [0.15, 0.2) is 47.6 Å². The Balaban J connectivity index is 0.00000280. The summed E-state index contributed by atoms with van der Waals surface area (Å²) in [5.74, 6) is 0.925. The van der Waals surface area contributed by atoms with E-state index in [-0.39, 0.29) is 29.9 Å². The highest BCUT2D eigenvalue weighted by atomic mass is 127. The lowest BCUT2D eigenvalue weighted by molar-refractivity contribution is -0.114. The van der Waals surface area contributed by atoms with Crippen molar-refractivity contribution in [2.24, 2.45) is 10.7 Å². The highest BCUT2D eigenvalue weighted by Gasteiger charge is 2.18. The van der Waals surface area contributed by atoms with Crippen LogP contribution in [0.25, 0.3) is 0 Å². The smallest absolute Gasteiger partial charge is 0.222 e. The first-order chi connectivity index (χ1) is 13.0. The standard InChI is InChI=1S/C19H23ClN6O.HI/c1-14(27)24-18-7-2-15(12-22-18)13-23-19(21)26-10-8-25(9-11-26)17-5-3-16(20)4-6-17;/h2-7,12H,8-11,13H2,1H3,(H2,21,23)(H,22,24,27);1H. The molecule has 1 fully saturated rings. The molecule has 3 N–H and O–H groups in total. The Labute approximate surface area is 187 Å². The van der Waals surface area contributed by atoms with E-state index in [9.17, 15) is 4.79 Å². The van der Waals surface area contributed by atoms with Gasteiger partial charge in [0.1, 0.15) is 5.82 Å². The maximum absolute atomic E-state index is 11.0. The van der Waals surface area contributed by atoms with Crippen LogP contribution in [0.4, 0.5) is 11.5 Å². The van der Waals surface area contributed by atoms with Crippen LogP contribution in [0.2, 0.25) is 5.02 Å². The Hall–Kier alpha value is -2.07. The molecule has 0 spiro atoms. The van der Waals surface area contributed by atoms with E-state index in [0.717, 1.165) is 36.8 Å². The van der Waals surface area contributed by atoms with E-state index in [2.05, 4.69) is 25.1 Å². The molecule has 1 amide bonds. The third-order valence-corrected chi connectivity index (χ3v) is 4.60. The average molecular weight is 515 g/mol. The number of nitrogens with one attached hydrogen (secondary N) is 1. The van der Waals surface area contributed by atoms with Crippen molar-refractivity contribution in [3.8, 4) is 0 Å². The highest BCUT2D eigenvalue weighted by Crippen LogP contribution is 2.19. The first kappa shape index (κ1) is 22.2. The van der Waals surface area contributed by atoms with Crippen molar-refractivity contribution in [2.45, 2.75) is 13.5 Å². The number of benzene rings is 1. The molecule has 1 saturated heterocycles. The van der Waals surface area contributed by atoms with Crippen molar-refractivity contribution in [1.82, 2.24) is 9.88 Å².